The van der Waals surface area contributed by atoms with Gasteiger partial charge in [0.05, 0.1) is 6.54 Å². The normalized spacial score (nSPS) is 11.0. The fourth-order valence-corrected chi connectivity index (χ4v) is 1.57. The Balaban J connectivity index is 2.98. The Kier molecular flexibility index (Phi) is 5.06. The van der Waals surface area contributed by atoms with E-state index in [-0.39, 0.29) is 5.92 Å². The third kappa shape index (κ3) is 3.80. The van der Waals surface area contributed by atoms with Gasteiger partial charge in [-0.15, -0.1) is 0 Å². The van der Waals surface area contributed by atoms with Gasteiger partial charge in [0.15, 0.2) is 0 Å². The topological polar surface area (TPSA) is 49.8 Å². The smallest absolute Gasteiger partial charge is 0.255 e. The Bertz CT molecular complexity index is 355. The summed E-state index contributed by atoms with van der Waals surface area (Å²) in [5, 5.41) is 5.76. The second kappa shape index (κ2) is 6.32. The molecule has 0 aliphatic rings. The largest absolute Gasteiger partial charge is 0.370 e. The highest BCUT2D eigenvalue weighted by atomic mass is 19.3. The summed E-state index contributed by atoms with van der Waals surface area (Å²) in [6.45, 7) is 6.24. The first-order valence-corrected chi connectivity index (χ1v) is 5.67. The zero-order valence-electron chi connectivity index (χ0n) is 10.3. The molecule has 0 aliphatic heterocycles. The standard InChI is InChI=1S/C11H18F2N4/c1-4-14-10-9(7(2)3)11(17-6-16-10)15-5-8(12)13/h6-8H,4-5H2,1-3H3,(H2,14,15,16,17). The van der Waals surface area contributed by atoms with Gasteiger partial charge in [0, 0.05) is 12.1 Å². The number of rotatable bonds is 6. The van der Waals surface area contributed by atoms with Crippen LogP contribution in [-0.2, 0) is 0 Å². The summed E-state index contributed by atoms with van der Waals surface area (Å²) in [5.74, 6) is 1.34. The van der Waals surface area contributed by atoms with Crippen molar-refractivity contribution < 1.29 is 8.78 Å². The molecule has 0 fully saturated rings. The van der Waals surface area contributed by atoms with Crippen LogP contribution in [0.3, 0.4) is 0 Å². The summed E-state index contributed by atoms with van der Waals surface area (Å²) in [7, 11) is 0. The number of alkyl halides is 2. The van der Waals surface area contributed by atoms with E-state index in [1.54, 1.807) is 0 Å². The second-order valence-electron chi connectivity index (χ2n) is 3.94. The molecule has 0 bridgehead atoms. The molecular weight excluding hydrogens is 226 g/mol. The van der Waals surface area contributed by atoms with Crippen LogP contribution in [0.1, 0.15) is 32.3 Å². The van der Waals surface area contributed by atoms with Crippen molar-refractivity contribution in [2.24, 2.45) is 0 Å². The van der Waals surface area contributed by atoms with E-state index in [4.69, 9.17) is 0 Å². The molecule has 1 aromatic rings. The van der Waals surface area contributed by atoms with Crippen LogP contribution in [0.2, 0.25) is 0 Å². The van der Waals surface area contributed by atoms with E-state index in [1.165, 1.54) is 6.33 Å². The van der Waals surface area contributed by atoms with Gasteiger partial charge in [0.2, 0.25) is 0 Å². The SMILES string of the molecule is CCNc1ncnc(NCC(F)F)c1C(C)C. The summed E-state index contributed by atoms with van der Waals surface area (Å²) in [4.78, 5) is 8.15. The lowest BCUT2D eigenvalue weighted by molar-refractivity contribution is 0.163. The lowest BCUT2D eigenvalue weighted by Gasteiger charge is -2.17. The number of nitrogens with one attached hydrogen (secondary N) is 2. The predicted molar refractivity (Wildman–Crippen MR) is 64.8 cm³/mol. The molecule has 0 saturated carbocycles. The van der Waals surface area contributed by atoms with Crippen molar-refractivity contribution in [2.45, 2.75) is 33.1 Å². The number of hydrogen-bond donors (Lipinski definition) is 2. The van der Waals surface area contributed by atoms with Gasteiger partial charge in [0.1, 0.15) is 18.0 Å². The molecule has 0 aliphatic carbocycles. The molecule has 0 radical (unpaired) electrons. The fraction of sp³-hybridized carbons (Fsp3) is 0.636. The molecular formula is C11H18F2N4. The van der Waals surface area contributed by atoms with E-state index in [1.807, 2.05) is 20.8 Å². The summed E-state index contributed by atoms with van der Waals surface area (Å²) in [6.07, 6.45) is -1.02. The Morgan fingerprint density at radius 2 is 1.76 bits per heavy atom. The van der Waals surface area contributed by atoms with Crippen molar-refractivity contribution in [3.05, 3.63) is 11.9 Å². The van der Waals surface area contributed by atoms with Crippen LogP contribution >= 0.6 is 0 Å². The molecule has 17 heavy (non-hydrogen) atoms. The number of aromatic nitrogens is 2. The van der Waals surface area contributed by atoms with E-state index >= 15 is 0 Å². The van der Waals surface area contributed by atoms with Crippen molar-refractivity contribution in [3.8, 4) is 0 Å². The Morgan fingerprint density at radius 3 is 2.24 bits per heavy atom. The third-order valence-electron chi connectivity index (χ3n) is 2.23. The van der Waals surface area contributed by atoms with Crippen molar-refractivity contribution in [1.29, 1.82) is 0 Å². The van der Waals surface area contributed by atoms with Crippen LogP contribution in [0.5, 0.6) is 0 Å². The molecule has 1 aromatic heterocycles. The summed E-state index contributed by atoms with van der Waals surface area (Å²) in [6, 6.07) is 0. The number of halogens is 2. The lowest BCUT2D eigenvalue weighted by Crippen LogP contribution is -2.15. The van der Waals surface area contributed by atoms with Crippen LogP contribution in [0.4, 0.5) is 20.4 Å². The van der Waals surface area contributed by atoms with Gasteiger partial charge in [-0.2, -0.15) is 0 Å². The molecule has 1 heterocycles. The maximum atomic E-state index is 12.2. The van der Waals surface area contributed by atoms with Gasteiger partial charge in [-0.05, 0) is 12.8 Å². The number of nitrogens with zero attached hydrogens (tertiary/aromatic N) is 2. The Hall–Kier alpha value is -1.46. The van der Waals surface area contributed by atoms with Crippen molar-refractivity contribution >= 4 is 11.6 Å². The predicted octanol–water partition coefficient (Wildman–Crippen LogP) is 2.71. The molecule has 96 valence electrons. The molecule has 0 saturated heterocycles. The molecule has 0 amide bonds. The van der Waals surface area contributed by atoms with Gasteiger partial charge in [-0.3, -0.25) is 0 Å². The number of anilines is 2. The van der Waals surface area contributed by atoms with Crippen molar-refractivity contribution in [1.82, 2.24) is 9.97 Å². The van der Waals surface area contributed by atoms with Crippen LogP contribution in [0.25, 0.3) is 0 Å². The molecule has 4 nitrogen and oxygen atoms in total. The average molecular weight is 244 g/mol. The zero-order chi connectivity index (χ0) is 12.8. The molecule has 2 N–H and O–H groups in total. The summed E-state index contributed by atoms with van der Waals surface area (Å²) in [5.41, 5.74) is 0.843. The van der Waals surface area contributed by atoms with Gasteiger partial charge < -0.3 is 10.6 Å². The van der Waals surface area contributed by atoms with E-state index in [0.29, 0.717) is 11.6 Å². The van der Waals surface area contributed by atoms with Crippen LogP contribution < -0.4 is 10.6 Å². The molecule has 1 rings (SSSR count). The maximum Gasteiger partial charge on any atom is 0.255 e. The maximum absolute atomic E-state index is 12.2. The van der Waals surface area contributed by atoms with Gasteiger partial charge in [-0.25, -0.2) is 18.7 Å². The monoisotopic (exact) mass is 244 g/mol. The van der Waals surface area contributed by atoms with Gasteiger partial charge in [-0.1, -0.05) is 13.8 Å². The minimum Gasteiger partial charge on any atom is -0.370 e. The van der Waals surface area contributed by atoms with Crippen molar-refractivity contribution in [2.75, 3.05) is 23.7 Å². The number of hydrogen-bond acceptors (Lipinski definition) is 4. The first kappa shape index (κ1) is 13.6. The van der Waals surface area contributed by atoms with Gasteiger partial charge in [0.25, 0.3) is 6.43 Å². The van der Waals surface area contributed by atoms with E-state index in [9.17, 15) is 8.78 Å². The average Bonchev–Trinajstić information content (AvgIpc) is 2.26. The molecule has 0 aromatic carbocycles. The van der Waals surface area contributed by atoms with E-state index in [2.05, 4.69) is 20.6 Å². The first-order valence-electron chi connectivity index (χ1n) is 5.67. The molecule has 0 atom stereocenters. The molecule has 0 spiro atoms. The Morgan fingerprint density at radius 1 is 1.18 bits per heavy atom. The summed E-state index contributed by atoms with van der Waals surface area (Å²) >= 11 is 0. The van der Waals surface area contributed by atoms with E-state index in [0.717, 1.165) is 12.1 Å². The minimum atomic E-state index is -2.40. The lowest BCUT2D eigenvalue weighted by atomic mass is 10.0. The highest BCUT2D eigenvalue weighted by Crippen LogP contribution is 2.28. The second-order valence-corrected chi connectivity index (χ2v) is 3.94. The van der Waals surface area contributed by atoms with Crippen molar-refractivity contribution in [3.63, 3.8) is 0 Å². The highest BCUT2D eigenvalue weighted by Gasteiger charge is 2.15. The van der Waals surface area contributed by atoms with Gasteiger partial charge >= 0.3 is 0 Å². The third-order valence-corrected chi connectivity index (χ3v) is 2.23. The minimum absolute atomic E-state index is 0.158. The quantitative estimate of drug-likeness (QED) is 0.807. The molecule has 6 heteroatoms. The summed E-state index contributed by atoms with van der Waals surface area (Å²) < 4.78 is 24.4. The molecule has 0 unspecified atom stereocenters. The van der Waals surface area contributed by atoms with E-state index < -0.39 is 13.0 Å². The zero-order valence-corrected chi connectivity index (χ0v) is 10.3. The van der Waals surface area contributed by atoms with Crippen LogP contribution in [-0.4, -0.2) is 29.5 Å². The van der Waals surface area contributed by atoms with Crippen LogP contribution in [0.15, 0.2) is 6.33 Å². The fourth-order valence-electron chi connectivity index (χ4n) is 1.57. The first-order chi connectivity index (χ1) is 8.06. The Labute approximate surface area is 99.9 Å². The van der Waals surface area contributed by atoms with Crippen LogP contribution in [0, 0.1) is 0 Å². The highest BCUT2D eigenvalue weighted by molar-refractivity contribution is 5.58.